The van der Waals surface area contributed by atoms with E-state index in [9.17, 15) is 13.2 Å². The van der Waals surface area contributed by atoms with Crippen LogP contribution in [0, 0.1) is 6.92 Å². The van der Waals surface area contributed by atoms with Crippen molar-refractivity contribution in [3.8, 4) is 0 Å². The molecule has 0 amide bonds. The molecule has 0 radical (unpaired) electrons. The van der Waals surface area contributed by atoms with Crippen LogP contribution in [-0.4, -0.2) is 8.42 Å². The first-order valence-corrected chi connectivity index (χ1v) is 9.03. The zero-order valence-electron chi connectivity index (χ0n) is 12.3. The number of nitrogens with one attached hydrogen (secondary N) is 1. The van der Waals surface area contributed by atoms with Crippen LogP contribution < -0.4 is 10.3 Å². The third-order valence-corrected chi connectivity index (χ3v) is 5.76. The second-order valence-corrected chi connectivity index (χ2v) is 7.55. The van der Waals surface area contributed by atoms with E-state index in [2.05, 4.69) is 4.72 Å². The van der Waals surface area contributed by atoms with Crippen molar-refractivity contribution in [3.05, 3.63) is 68.5 Å². The summed E-state index contributed by atoms with van der Waals surface area (Å²) in [6, 6.07) is 10.4. The fourth-order valence-electron chi connectivity index (χ4n) is 2.29. The first-order valence-electron chi connectivity index (χ1n) is 6.79. The Kier molecular flexibility index (Phi) is 4.29. The minimum Gasteiger partial charge on any atom is -0.423 e. The van der Waals surface area contributed by atoms with Crippen molar-refractivity contribution in [2.24, 2.45) is 0 Å². The average Bonchev–Trinajstić information content (AvgIpc) is 2.48. The third kappa shape index (κ3) is 3.13. The highest BCUT2D eigenvalue weighted by molar-refractivity contribution is 7.92. The topological polar surface area (TPSA) is 76.4 Å². The molecule has 0 bridgehead atoms. The zero-order valence-corrected chi connectivity index (χ0v) is 14.7. The van der Waals surface area contributed by atoms with Gasteiger partial charge in [-0.25, -0.2) is 13.2 Å². The number of anilines is 1. The van der Waals surface area contributed by atoms with Gasteiger partial charge >= 0.3 is 5.63 Å². The number of hydrogen-bond acceptors (Lipinski definition) is 4. The van der Waals surface area contributed by atoms with E-state index in [0.717, 1.165) is 10.9 Å². The molecule has 0 saturated carbocycles. The molecule has 5 nitrogen and oxygen atoms in total. The monoisotopic (exact) mass is 383 g/mol. The molecule has 0 aliphatic rings. The van der Waals surface area contributed by atoms with Crippen LogP contribution in [0.15, 0.2) is 56.6 Å². The van der Waals surface area contributed by atoms with Crippen molar-refractivity contribution >= 4 is 49.9 Å². The predicted octanol–water partition coefficient (Wildman–Crippen LogP) is 4.21. The maximum Gasteiger partial charge on any atom is 0.336 e. The lowest BCUT2D eigenvalue weighted by Gasteiger charge is -2.11. The van der Waals surface area contributed by atoms with E-state index in [1.54, 1.807) is 19.1 Å². The van der Waals surface area contributed by atoms with Gasteiger partial charge in [0.05, 0.1) is 15.7 Å². The molecule has 0 unspecified atom stereocenters. The first kappa shape index (κ1) is 16.8. The molecule has 124 valence electrons. The van der Waals surface area contributed by atoms with E-state index in [1.165, 1.54) is 30.3 Å². The van der Waals surface area contributed by atoms with E-state index in [0.29, 0.717) is 0 Å². The number of halogens is 2. The fraction of sp³-hybridized carbons (Fsp3) is 0.0625. The minimum absolute atomic E-state index is 0.0603. The summed E-state index contributed by atoms with van der Waals surface area (Å²) in [5, 5.41) is 0.799. The van der Waals surface area contributed by atoms with Gasteiger partial charge in [-0.2, -0.15) is 0 Å². The van der Waals surface area contributed by atoms with Gasteiger partial charge in [-0.15, -0.1) is 0 Å². The number of benzene rings is 2. The Labute approximate surface area is 147 Å². The Bertz CT molecular complexity index is 1110. The number of fused-ring (bicyclic) bond motifs is 1. The molecule has 0 aliphatic carbocycles. The van der Waals surface area contributed by atoms with E-state index in [4.69, 9.17) is 27.6 Å². The van der Waals surface area contributed by atoms with Gasteiger partial charge in [0, 0.05) is 17.5 Å². The summed E-state index contributed by atoms with van der Waals surface area (Å²) < 4.78 is 32.5. The van der Waals surface area contributed by atoms with Crippen LogP contribution in [0.3, 0.4) is 0 Å². The number of rotatable bonds is 3. The molecular weight excluding hydrogens is 373 g/mol. The standard InChI is InChI=1S/C16H11Cl2NO4S/c1-9-7-15(20)23-13-8-10(5-6-11(9)13)19-24(21,22)14-4-2-3-12(17)16(14)18/h2-8,19H,1H3. The van der Waals surface area contributed by atoms with E-state index < -0.39 is 15.6 Å². The third-order valence-electron chi connectivity index (χ3n) is 3.41. The van der Waals surface area contributed by atoms with Crippen LogP contribution in [-0.2, 0) is 10.0 Å². The maximum atomic E-state index is 12.5. The Morgan fingerprint density at radius 2 is 1.83 bits per heavy atom. The quantitative estimate of drug-likeness (QED) is 0.687. The van der Waals surface area contributed by atoms with Gasteiger partial charge in [-0.1, -0.05) is 29.3 Å². The van der Waals surface area contributed by atoms with Gasteiger partial charge in [-0.3, -0.25) is 4.72 Å². The lowest BCUT2D eigenvalue weighted by Crippen LogP contribution is -2.13. The van der Waals surface area contributed by atoms with Crippen LogP contribution in [0.2, 0.25) is 10.0 Å². The summed E-state index contributed by atoms with van der Waals surface area (Å²) in [6.07, 6.45) is 0. The summed E-state index contributed by atoms with van der Waals surface area (Å²) in [7, 11) is -3.94. The van der Waals surface area contributed by atoms with Gasteiger partial charge in [0.25, 0.3) is 10.0 Å². The lowest BCUT2D eigenvalue weighted by atomic mass is 10.1. The van der Waals surface area contributed by atoms with Crippen molar-refractivity contribution in [3.63, 3.8) is 0 Å². The summed E-state index contributed by atoms with van der Waals surface area (Å²) in [5.41, 5.74) is 0.774. The van der Waals surface area contributed by atoms with Crippen LogP contribution in [0.1, 0.15) is 5.56 Å². The van der Waals surface area contributed by atoms with Gasteiger partial charge in [0.15, 0.2) is 0 Å². The highest BCUT2D eigenvalue weighted by atomic mass is 35.5. The van der Waals surface area contributed by atoms with Crippen LogP contribution in [0.4, 0.5) is 5.69 Å². The van der Waals surface area contributed by atoms with Crippen molar-refractivity contribution in [1.82, 2.24) is 0 Å². The van der Waals surface area contributed by atoms with E-state index in [-0.39, 0.29) is 26.2 Å². The average molecular weight is 384 g/mol. The molecule has 8 heteroatoms. The van der Waals surface area contributed by atoms with Crippen molar-refractivity contribution in [2.75, 3.05) is 4.72 Å². The van der Waals surface area contributed by atoms with E-state index >= 15 is 0 Å². The summed E-state index contributed by atoms with van der Waals surface area (Å²) >= 11 is 11.8. The molecule has 1 heterocycles. The molecule has 0 aliphatic heterocycles. The predicted molar refractivity (Wildman–Crippen MR) is 94.5 cm³/mol. The molecule has 2 aromatic carbocycles. The smallest absolute Gasteiger partial charge is 0.336 e. The van der Waals surface area contributed by atoms with E-state index in [1.807, 2.05) is 0 Å². The first-order chi connectivity index (χ1) is 11.3. The Balaban J connectivity index is 2.06. The Morgan fingerprint density at radius 3 is 2.58 bits per heavy atom. The fourth-order valence-corrected chi connectivity index (χ4v) is 4.10. The summed E-state index contributed by atoms with van der Waals surface area (Å²) in [5.74, 6) is 0. The molecular formula is C16H11Cl2NO4S. The molecule has 0 saturated heterocycles. The summed E-state index contributed by atoms with van der Waals surface area (Å²) in [4.78, 5) is 11.3. The lowest BCUT2D eigenvalue weighted by molar-refractivity contribution is 0.560. The Morgan fingerprint density at radius 1 is 1.08 bits per heavy atom. The second-order valence-electron chi connectivity index (χ2n) is 5.12. The largest absolute Gasteiger partial charge is 0.423 e. The maximum absolute atomic E-state index is 12.5. The molecule has 0 fully saturated rings. The van der Waals surface area contributed by atoms with Crippen LogP contribution in [0.5, 0.6) is 0 Å². The number of hydrogen-bond donors (Lipinski definition) is 1. The molecule has 1 aromatic heterocycles. The van der Waals surface area contributed by atoms with Gasteiger partial charge < -0.3 is 4.42 Å². The molecule has 3 rings (SSSR count). The van der Waals surface area contributed by atoms with Gasteiger partial charge in [0.2, 0.25) is 0 Å². The van der Waals surface area contributed by atoms with Gasteiger partial charge in [-0.05, 0) is 36.8 Å². The normalized spacial score (nSPS) is 11.6. The highest BCUT2D eigenvalue weighted by Crippen LogP contribution is 2.30. The summed E-state index contributed by atoms with van der Waals surface area (Å²) in [6.45, 7) is 1.77. The molecule has 1 N–H and O–H groups in total. The molecule has 0 atom stereocenters. The molecule has 3 aromatic rings. The van der Waals surface area contributed by atoms with Crippen molar-refractivity contribution in [1.29, 1.82) is 0 Å². The zero-order chi connectivity index (χ0) is 17.5. The minimum atomic E-state index is -3.94. The van der Waals surface area contributed by atoms with Crippen molar-refractivity contribution < 1.29 is 12.8 Å². The highest BCUT2D eigenvalue weighted by Gasteiger charge is 2.20. The van der Waals surface area contributed by atoms with Crippen LogP contribution in [0.25, 0.3) is 11.0 Å². The second kappa shape index (κ2) is 6.12. The number of aryl methyl sites for hydroxylation is 1. The Hall–Kier alpha value is -2.02. The van der Waals surface area contributed by atoms with Crippen LogP contribution >= 0.6 is 23.2 Å². The van der Waals surface area contributed by atoms with Gasteiger partial charge in [0.1, 0.15) is 10.5 Å². The number of sulfonamides is 1. The molecule has 24 heavy (non-hydrogen) atoms. The SMILES string of the molecule is Cc1cc(=O)oc2cc(NS(=O)(=O)c3cccc(Cl)c3Cl)ccc12. The van der Waals surface area contributed by atoms with Crippen molar-refractivity contribution in [2.45, 2.75) is 11.8 Å². The molecule has 0 spiro atoms.